The molecule has 0 aliphatic rings. The molecule has 0 saturated carbocycles. The number of hydrogen-bond donors (Lipinski definition) is 3. The number of non-ortho nitro benzene ring substituents is 1. The Hall–Kier alpha value is -2.06. The first kappa shape index (κ1) is 31.0. The standard InChI is InChI=1S/C16H10N4O11S2.2Na/c21-16-11-3-2-10(32(26,27)28)5-8(11)6-14(33(29,30)31)15(16)18-17-12-4-1-9(19(22)23)7-13(12)20(24)25;;/h1-7,21H,(H,26,27,28)(H,29,30,31);;. The molecular formula is C16H10N4Na2O11S2. The Morgan fingerprint density at radius 1 is 0.800 bits per heavy atom. The van der Waals surface area contributed by atoms with Gasteiger partial charge in [0.1, 0.15) is 10.6 Å². The Morgan fingerprint density at radius 2 is 1.43 bits per heavy atom. The monoisotopic (exact) mass is 544 g/mol. The van der Waals surface area contributed by atoms with E-state index in [1.165, 1.54) is 0 Å². The molecule has 3 aromatic rings. The predicted octanol–water partition coefficient (Wildman–Crippen LogP) is 2.51. The van der Waals surface area contributed by atoms with E-state index in [4.69, 9.17) is 4.55 Å². The van der Waals surface area contributed by atoms with Crippen molar-refractivity contribution in [2.75, 3.05) is 0 Å². The molecule has 0 heterocycles. The summed E-state index contributed by atoms with van der Waals surface area (Å²) in [6.07, 6.45) is 0. The minimum Gasteiger partial charge on any atom is -0.505 e. The number of nitro groups is 2. The van der Waals surface area contributed by atoms with E-state index < -0.39 is 68.4 Å². The molecule has 0 unspecified atom stereocenters. The van der Waals surface area contributed by atoms with Crippen LogP contribution in [-0.4, -0.2) is 100 Å². The van der Waals surface area contributed by atoms with Gasteiger partial charge >= 0.3 is 5.69 Å². The normalized spacial score (nSPS) is 11.6. The van der Waals surface area contributed by atoms with Crippen molar-refractivity contribution in [3.05, 3.63) is 62.7 Å². The zero-order valence-corrected chi connectivity index (χ0v) is 23.4. The molecule has 0 saturated heterocycles. The van der Waals surface area contributed by atoms with Crippen molar-refractivity contribution in [1.82, 2.24) is 0 Å². The van der Waals surface area contributed by atoms with E-state index >= 15 is 0 Å². The third-order valence-electron chi connectivity index (χ3n) is 4.22. The van der Waals surface area contributed by atoms with Crippen LogP contribution in [0.5, 0.6) is 5.75 Å². The number of fused-ring (bicyclic) bond motifs is 1. The van der Waals surface area contributed by atoms with Crippen LogP contribution < -0.4 is 0 Å². The fourth-order valence-corrected chi connectivity index (χ4v) is 3.92. The van der Waals surface area contributed by atoms with Crippen LogP contribution in [0.15, 0.2) is 62.5 Å². The Bertz CT molecular complexity index is 1590. The zero-order chi connectivity index (χ0) is 24.7. The first-order valence-electron chi connectivity index (χ1n) is 8.29. The quantitative estimate of drug-likeness (QED) is 0.134. The Balaban J connectivity index is 0.00000306. The van der Waals surface area contributed by atoms with Gasteiger partial charge in [-0.05, 0) is 35.7 Å². The van der Waals surface area contributed by atoms with Crippen LogP contribution in [0.3, 0.4) is 0 Å². The van der Waals surface area contributed by atoms with Gasteiger partial charge < -0.3 is 5.11 Å². The summed E-state index contributed by atoms with van der Waals surface area (Å²) in [6, 6.07) is 5.79. The van der Waals surface area contributed by atoms with Crippen molar-refractivity contribution < 1.29 is 40.9 Å². The minimum atomic E-state index is -5.09. The summed E-state index contributed by atoms with van der Waals surface area (Å²) in [7, 11) is -9.78. The molecule has 0 fully saturated rings. The van der Waals surface area contributed by atoms with Gasteiger partial charge in [-0.3, -0.25) is 29.3 Å². The summed E-state index contributed by atoms with van der Waals surface area (Å²) in [5.41, 5.74) is -2.85. The van der Waals surface area contributed by atoms with E-state index in [1.54, 1.807) is 0 Å². The number of benzene rings is 3. The van der Waals surface area contributed by atoms with Crippen molar-refractivity contribution in [2.24, 2.45) is 10.2 Å². The van der Waals surface area contributed by atoms with Crippen molar-refractivity contribution in [3.8, 4) is 5.75 Å². The third-order valence-corrected chi connectivity index (χ3v) is 5.94. The van der Waals surface area contributed by atoms with Gasteiger partial charge in [-0.25, -0.2) is 0 Å². The molecule has 0 bridgehead atoms. The third kappa shape index (κ3) is 6.79. The van der Waals surface area contributed by atoms with Crippen molar-refractivity contribution in [1.29, 1.82) is 0 Å². The van der Waals surface area contributed by atoms with Gasteiger partial charge in [0.05, 0.1) is 20.8 Å². The molecule has 0 spiro atoms. The molecule has 3 N–H and O–H groups in total. The second-order valence-corrected chi connectivity index (χ2v) is 9.10. The molecule has 19 heteroatoms. The van der Waals surface area contributed by atoms with Crippen LogP contribution >= 0.6 is 0 Å². The smallest absolute Gasteiger partial charge is 0.303 e. The van der Waals surface area contributed by atoms with Gasteiger partial charge in [0.15, 0.2) is 11.4 Å². The number of azo groups is 1. The molecule has 0 atom stereocenters. The van der Waals surface area contributed by atoms with Gasteiger partial charge in [-0.2, -0.15) is 16.8 Å². The maximum atomic E-state index is 11.8. The fourth-order valence-electron chi connectivity index (χ4n) is 2.74. The van der Waals surface area contributed by atoms with Gasteiger partial charge in [-0.15, -0.1) is 10.2 Å². The molecule has 0 aliphatic heterocycles. The van der Waals surface area contributed by atoms with Crippen LogP contribution in [0.1, 0.15) is 0 Å². The van der Waals surface area contributed by atoms with Gasteiger partial charge in [-0.1, -0.05) is 0 Å². The summed E-state index contributed by atoms with van der Waals surface area (Å²) in [4.78, 5) is 18.5. The number of rotatable bonds is 6. The second kappa shape index (κ2) is 11.3. The number of hydrogen-bond acceptors (Lipinski definition) is 11. The topological polar surface area (TPSA) is 240 Å². The average Bonchev–Trinajstić information content (AvgIpc) is 2.70. The molecule has 3 rings (SSSR count). The first-order chi connectivity index (χ1) is 15.2. The number of nitro benzene ring substituents is 2. The van der Waals surface area contributed by atoms with E-state index in [-0.39, 0.29) is 69.9 Å². The molecule has 2 radical (unpaired) electrons. The Morgan fingerprint density at radius 3 is 1.94 bits per heavy atom. The van der Waals surface area contributed by atoms with Crippen molar-refractivity contribution >= 4 is 113 Å². The molecule has 3 aromatic carbocycles. The molecule has 0 aromatic heterocycles. The van der Waals surface area contributed by atoms with E-state index in [1.807, 2.05) is 0 Å². The first-order valence-corrected chi connectivity index (χ1v) is 11.2. The van der Waals surface area contributed by atoms with Crippen LogP contribution in [0.4, 0.5) is 22.7 Å². The fraction of sp³-hybridized carbons (Fsp3) is 0. The number of phenols is 1. The van der Waals surface area contributed by atoms with Crippen LogP contribution in [-0.2, 0) is 20.2 Å². The maximum absolute atomic E-state index is 11.8. The SMILES string of the molecule is O=[N+]([O-])c1ccc(N=Nc2c(S(=O)(=O)O)cc3cc(S(=O)(=O)O)ccc3c2O)c([N+](=O)[O-])c1.[Na].[Na]. The van der Waals surface area contributed by atoms with E-state index in [0.717, 1.165) is 36.4 Å². The minimum absolute atomic E-state index is 0. The zero-order valence-electron chi connectivity index (χ0n) is 17.8. The van der Waals surface area contributed by atoms with Crippen LogP contribution in [0.2, 0.25) is 0 Å². The van der Waals surface area contributed by atoms with E-state index in [2.05, 4.69) is 10.2 Å². The number of nitrogens with zero attached hydrogens (tertiary/aromatic N) is 4. The Labute approximate surface area is 240 Å². The van der Waals surface area contributed by atoms with Gasteiger partial charge in [0.25, 0.3) is 25.9 Å². The predicted molar refractivity (Wildman–Crippen MR) is 121 cm³/mol. The molecule has 35 heavy (non-hydrogen) atoms. The summed E-state index contributed by atoms with van der Waals surface area (Å²) in [6.45, 7) is 0. The molecular weight excluding hydrogens is 534 g/mol. The molecule has 174 valence electrons. The molecule has 0 amide bonds. The summed E-state index contributed by atoms with van der Waals surface area (Å²) in [5, 5.41) is 39.1. The summed E-state index contributed by atoms with van der Waals surface area (Å²) < 4.78 is 65.0. The van der Waals surface area contributed by atoms with Crippen LogP contribution in [0, 0.1) is 20.2 Å². The van der Waals surface area contributed by atoms with Crippen molar-refractivity contribution in [3.63, 3.8) is 0 Å². The number of phenolic OH excluding ortho intramolecular Hbond substituents is 1. The Kier molecular flexibility index (Phi) is 10.0. The maximum Gasteiger partial charge on any atom is 0.303 e. The number of aromatic hydroxyl groups is 1. The van der Waals surface area contributed by atoms with Gasteiger partial charge in [0.2, 0.25) is 0 Å². The van der Waals surface area contributed by atoms with E-state index in [0.29, 0.717) is 6.07 Å². The molecule has 15 nitrogen and oxygen atoms in total. The van der Waals surface area contributed by atoms with Crippen LogP contribution in [0.25, 0.3) is 10.8 Å². The average molecular weight is 544 g/mol. The summed E-state index contributed by atoms with van der Waals surface area (Å²) >= 11 is 0. The van der Waals surface area contributed by atoms with E-state index in [9.17, 15) is 46.7 Å². The summed E-state index contributed by atoms with van der Waals surface area (Å²) in [5.74, 6) is -0.893. The second-order valence-electron chi connectivity index (χ2n) is 6.29. The molecule has 0 aliphatic carbocycles. The van der Waals surface area contributed by atoms with Crippen molar-refractivity contribution in [2.45, 2.75) is 9.79 Å². The van der Waals surface area contributed by atoms with Gasteiger partial charge in [0, 0.05) is 70.6 Å². The largest absolute Gasteiger partial charge is 0.505 e.